The summed E-state index contributed by atoms with van der Waals surface area (Å²) in [4.78, 5) is 2.41. The van der Waals surface area contributed by atoms with Gasteiger partial charge >= 0.3 is 0 Å². The molecule has 2 rings (SSSR count). The average Bonchev–Trinajstić information content (AvgIpc) is 2.28. The molecule has 1 aliphatic heterocycles. The molecule has 3 N–H and O–H groups in total. The molecular formula is C14H22N2O. The van der Waals surface area contributed by atoms with Crippen LogP contribution in [0, 0.1) is 0 Å². The lowest BCUT2D eigenvalue weighted by Crippen LogP contribution is -2.43. The van der Waals surface area contributed by atoms with Gasteiger partial charge < -0.3 is 10.8 Å². The predicted octanol–water partition coefficient (Wildman–Crippen LogP) is 2.18. The Kier molecular flexibility index (Phi) is 3.40. The van der Waals surface area contributed by atoms with E-state index in [1.807, 2.05) is 25.1 Å². The minimum absolute atomic E-state index is 0.370. The molecule has 0 amide bonds. The topological polar surface area (TPSA) is 49.5 Å². The van der Waals surface area contributed by atoms with Gasteiger partial charge in [-0.2, -0.15) is 0 Å². The zero-order valence-electron chi connectivity index (χ0n) is 10.7. The molecule has 1 aromatic carbocycles. The minimum Gasteiger partial charge on any atom is -0.399 e. The lowest BCUT2D eigenvalue weighted by atomic mass is 9.92. The maximum Gasteiger partial charge on any atom is 0.0644 e. The second-order valence-corrected chi connectivity index (χ2v) is 5.38. The number of aliphatic hydroxyl groups is 1. The average molecular weight is 234 g/mol. The Morgan fingerprint density at radius 1 is 1.35 bits per heavy atom. The van der Waals surface area contributed by atoms with Crippen molar-refractivity contribution in [1.82, 2.24) is 4.90 Å². The summed E-state index contributed by atoms with van der Waals surface area (Å²) in [5, 5.41) is 9.94. The van der Waals surface area contributed by atoms with Crippen molar-refractivity contribution in [3.05, 3.63) is 29.8 Å². The number of rotatable bonds is 2. The largest absolute Gasteiger partial charge is 0.399 e. The van der Waals surface area contributed by atoms with Crippen LogP contribution in [0.5, 0.6) is 0 Å². The molecule has 0 radical (unpaired) electrons. The van der Waals surface area contributed by atoms with E-state index in [0.717, 1.165) is 31.6 Å². The first-order valence-electron chi connectivity index (χ1n) is 6.30. The first kappa shape index (κ1) is 12.4. The van der Waals surface area contributed by atoms with Gasteiger partial charge in [-0.3, -0.25) is 4.90 Å². The van der Waals surface area contributed by atoms with Crippen molar-refractivity contribution >= 4 is 5.69 Å². The molecule has 0 aliphatic carbocycles. The minimum atomic E-state index is -0.480. The van der Waals surface area contributed by atoms with Crippen LogP contribution in [0.25, 0.3) is 0 Å². The third-order valence-corrected chi connectivity index (χ3v) is 3.82. The number of likely N-dealkylation sites (tertiary alicyclic amines) is 1. The van der Waals surface area contributed by atoms with Gasteiger partial charge in [-0.15, -0.1) is 0 Å². The third kappa shape index (κ3) is 2.99. The number of nitrogen functional groups attached to an aromatic ring is 1. The molecule has 1 atom stereocenters. The molecule has 0 aromatic heterocycles. The van der Waals surface area contributed by atoms with Crippen LogP contribution in [-0.4, -0.2) is 28.7 Å². The van der Waals surface area contributed by atoms with Crippen molar-refractivity contribution < 1.29 is 5.11 Å². The van der Waals surface area contributed by atoms with Crippen LogP contribution in [0.3, 0.4) is 0 Å². The fourth-order valence-electron chi connectivity index (χ4n) is 2.42. The normalized spacial score (nSPS) is 22.3. The monoisotopic (exact) mass is 234 g/mol. The van der Waals surface area contributed by atoms with E-state index in [2.05, 4.69) is 17.9 Å². The summed E-state index contributed by atoms with van der Waals surface area (Å²) in [7, 11) is 0. The van der Waals surface area contributed by atoms with E-state index in [9.17, 15) is 5.11 Å². The van der Waals surface area contributed by atoms with Gasteiger partial charge in [0.25, 0.3) is 0 Å². The van der Waals surface area contributed by atoms with Crippen LogP contribution >= 0.6 is 0 Å². The van der Waals surface area contributed by atoms with Gasteiger partial charge in [0.1, 0.15) is 0 Å². The molecule has 1 saturated heterocycles. The molecule has 94 valence electrons. The number of nitrogens with two attached hydrogens (primary N) is 1. The van der Waals surface area contributed by atoms with Crippen LogP contribution < -0.4 is 5.73 Å². The summed E-state index contributed by atoms with van der Waals surface area (Å²) < 4.78 is 0. The molecule has 17 heavy (non-hydrogen) atoms. The fourth-order valence-corrected chi connectivity index (χ4v) is 2.42. The van der Waals surface area contributed by atoms with Gasteiger partial charge in [0, 0.05) is 24.8 Å². The number of piperidine rings is 1. The van der Waals surface area contributed by atoms with Gasteiger partial charge in [0.15, 0.2) is 0 Å². The number of anilines is 1. The number of hydrogen-bond acceptors (Lipinski definition) is 3. The highest BCUT2D eigenvalue weighted by Gasteiger charge is 2.29. The van der Waals surface area contributed by atoms with Crippen molar-refractivity contribution in [2.24, 2.45) is 0 Å². The first-order chi connectivity index (χ1) is 7.98. The first-order valence-corrected chi connectivity index (χ1v) is 6.30. The van der Waals surface area contributed by atoms with Crippen molar-refractivity contribution in [2.75, 3.05) is 18.8 Å². The zero-order chi connectivity index (χ0) is 12.5. The summed E-state index contributed by atoms with van der Waals surface area (Å²) in [6.07, 6.45) is 1.69. The molecule has 1 heterocycles. The summed E-state index contributed by atoms with van der Waals surface area (Å²) in [5.41, 5.74) is 7.40. The van der Waals surface area contributed by atoms with Crippen LogP contribution in [0.4, 0.5) is 5.69 Å². The summed E-state index contributed by atoms with van der Waals surface area (Å²) in [6, 6.07) is 8.44. The van der Waals surface area contributed by atoms with Crippen molar-refractivity contribution in [1.29, 1.82) is 0 Å². The van der Waals surface area contributed by atoms with E-state index in [1.54, 1.807) is 0 Å². The fraction of sp³-hybridized carbons (Fsp3) is 0.571. The zero-order valence-corrected chi connectivity index (χ0v) is 10.7. The van der Waals surface area contributed by atoms with E-state index >= 15 is 0 Å². The van der Waals surface area contributed by atoms with Crippen LogP contribution in [-0.2, 0) is 0 Å². The molecule has 1 aromatic rings. The molecule has 1 unspecified atom stereocenters. The van der Waals surface area contributed by atoms with Gasteiger partial charge in [-0.05, 0) is 44.4 Å². The summed E-state index contributed by atoms with van der Waals surface area (Å²) in [5.74, 6) is 0. The van der Waals surface area contributed by atoms with Gasteiger partial charge in [-0.25, -0.2) is 0 Å². The molecule has 3 heteroatoms. The van der Waals surface area contributed by atoms with Gasteiger partial charge in [-0.1, -0.05) is 12.1 Å². The van der Waals surface area contributed by atoms with E-state index < -0.39 is 5.60 Å². The van der Waals surface area contributed by atoms with Crippen LogP contribution in [0.2, 0.25) is 0 Å². The van der Waals surface area contributed by atoms with Gasteiger partial charge in [0.2, 0.25) is 0 Å². The third-order valence-electron chi connectivity index (χ3n) is 3.82. The molecule has 0 saturated carbocycles. The maximum atomic E-state index is 9.94. The Balaban J connectivity index is 2.04. The van der Waals surface area contributed by atoms with Crippen molar-refractivity contribution in [2.45, 2.75) is 38.3 Å². The van der Waals surface area contributed by atoms with E-state index in [1.165, 1.54) is 5.56 Å². The Labute approximate surface area is 103 Å². The molecule has 3 nitrogen and oxygen atoms in total. The van der Waals surface area contributed by atoms with Crippen molar-refractivity contribution in [3.8, 4) is 0 Å². The van der Waals surface area contributed by atoms with E-state index in [4.69, 9.17) is 5.73 Å². The number of hydrogen-bond donors (Lipinski definition) is 2. The molecule has 1 aliphatic rings. The van der Waals surface area contributed by atoms with Gasteiger partial charge in [0.05, 0.1) is 5.60 Å². The SMILES string of the molecule is CC(c1cccc(N)c1)N1CCC(C)(O)CC1. The van der Waals surface area contributed by atoms with Crippen molar-refractivity contribution in [3.63, 3.8) is 0 Å². The maximum absolute atomic E-state index is 9.94. The highest BCUT2D eigenvalue weighted by atomic mass is 16.3. The van der Waals surface area contributed by atoms with E-state index in [0.29, 0.717) is 6.04 Å². The molecular weight excluding hydrogens is 212 g/mol. The molecule has 0 spiro atoms. The molecule has 0 bridgehead atoms. The van der Waals surface area contributed by atoms with Crippen LogP contribution in [0.15, 0.2) is 24.3 Å². The Bertz CT molecular complexity index is 380. The smallest absolute Gasteiger partial charge is 0.0644 e. The lowest BCUT2D eigenvalue weighted by molar-refractivity contribution is -0.0149. The Morgan fingerprint density at radius 3 is 2.59 bits per heavy atom. The predicted molar refractivity (Wildman–Crippen MR) is 70.7 cm³/mol. The van der Waals surface area contributed by atoms with Crippen LogP contribution in [0.1, 0.15) is 38.3 Å². The van der Waals surface area contributed by atoms with E-state index in [-0.39, 0.29) is 0 Å². The Morgan fingerprint density at radius 2 is 2.00 bits per heavy atom. The summed E-state index contributed by atoms with van der Waals surface area (Å²) in [6.45, 7) is 6.02. The molecule has 1 fully saturated rings. The lowest BCUT2D eigenvalue weighted by Gasteiger charge is -2.39. The number of nitrogens with zero attached hydrogens (tertiary/aromatic N) is 1. The number of benzene rings is 1. The quantitative estimate of drug-likeness (QED) is 0.771. The highest BCUT2D eigenvalue weighted by Crippen LogP contribution is 2.28. The second-order valence-electron chi connectivity index (χ2n) is 5.38. The summed E-state index contributed by atoms with van der Waals surface area (Å²) >= 11 is 0. The highest BCUT2D eigenvalue weighted by molar-refractivity contribution is 5.41. The Hall–Kier alpha value is -1.06. The standard InChI is InChI=1S/C14H22N2O/c1-11(12-4-3-5-13(15)10-12)16-8-6-14(2,17)7-9-16/h3-5,10-11,17H,6-9,15H2,1-2H3. The second kappa shape index (κ2) is 4.67.